The molecule has 1 heterocycles. The second-order valence-electron chi connectivity index (χ2n) is 6.12. The lowest BCUT2D eigenvalue weighted by Crippen LogP contribution is -2.21. The minimum absolute atomic E-state index is 0.118. The van der Waals surface area contributed by atoms with E-state index in [1.807, 2.05) is 0 Å². The molecular weight excluding hydrogens is 421 g/mol. The Balaban J connectivity index is 1.85. The number of hydrogen-bond acceptors (Lipinski definition) is 5. The van der Waals surface area contributed by atoms with Crippen LogP contribution >= 0.6 is 0 Å². The molecule has 0 saturated carbocycles. The number of nitrogens with one attached hydrogen (secondary N) is 3. The summed E-state index contributed by atoms with van der Waals surface area (Å²) in [5.41, 5.74) is -3.12. The molecule has 0 aliphatic heterocycles. The average Bonchev–Trinajstić information content (AvgIpc) is 2.69. The minimum atomic E-state index is -4.66. The Bertz CT molecular complexity index is 1220. The van der Waals surface area contributed by atoms with Crippen molar-refractivity contribution < 1.29 is 33.0 Å². The third-order valence-electron chi connectivity index (χ3n) is 3.97. The fourth-order valence-corrected chi connectivity index (χ4v) is 2.62. The summed E-state index contributed by atoms with van der Waals surface area (Å²) in [5.74, 6) is -2.89. The maximum Gasteiger partial charge on any atom is 0.418 e. The van der Waals surface area contributed by atoms with E-state index >= 15 is 0 Å². The first kappa shape index (κ1) is 21.4. The molecule has 160 valence electrons. The normalized spacial score (nSPS) is 11.1. The van der Waals surface area contributed by atoms with Crippen molar-refractivity contribution in [2.24, 2.45) is 0 Å². The van der Waals surface area contributed by atoms with Gasteiger partial charge in [-0.25, -0.2) is 14.6 Å². The number of amides is 2. The smallest absolute Gasteiger partial charge is 0.418 e. The van der Waals surface area contributed by atoms with Crippen molar-refractivity contribution in [3.05, 3.63) is 70.1 Å². The van der Waals surface area contributed by atoms with Crippen molar-refractivity contribution in [3.63, 3.8) is 0 Å². The first-order valence-electron chi connectivity index (χ1n) is 8.47. The van der Waals surface area contributed by atoms with Crippen molar-refractivity contribution in [1.29, 1.82) is 0 Å². The third kappa shape index (κ3) is 4.80. The van der Waals surface area contributed by atoms with Crippen LogP contribution in [-0.4, -0.2) is 32.2 Å². The number of aromatic hydroxyl groups is 1. The predicted molar refractivity (Wildman–Crippen MR) is 103 cm³/mol. The van der Waals surface area contributed by atoms with E-state index in [1.165, 1.54) is 36.4 Å². The van der Waals surface area contributed by atoms with Gasteiger partial charge in [-0.2, -0.15) is 13.2 Å². The van der Waals surface area contributed by atoms with Gasteiger partial charge < -0.3 is 25.8 Å². The Kier molecular flexibility index (Phi) is 5.64. The first-order chi connectivity index (χ1) is 14.6. The molecule has 12 heteroatoms. The summed E-state index contributed by atoms with van der Waals surface area (Å²) in [6.45, 7) is 0. The maximum atomic E-state index is 13.0. The van der Waals surface area contributed by atoms with E-state index in [4.69, 9.17) is 5.11 Å². The number of carbonyl (C=O) groups is 2. The van der Waals surface area contributed by atoms with E-state index in [1.54, 1.807) is 0 Å². The number of rotatable bonds is 4. The van der Waals surface area contributed by atoms with E-state index in [9.17, 15) is 32.7 Å². The molecule has 2 aromatic carbocycles. The van der Waals surface area contributed by atoms with Gasteiger partial charge in [0.05, 0.1) is 11.3 Å². The average molecular weight is 434 g/mol. The number of para-hydroxylation sites is 1. The number of alkyl halides is 3. The standard InChI is InChI=1S/C19H13F3N4O5/c20-19(21,22)11-6-1-2-7-12(11)24-18(31)23-10-5-3-4-9(8-10)15-25-13(17(29)30)14(27)16(28)26-15/h1-8,27H,(H,29,30)(H2,23,24,31)(H,25,26,28). The summed E-state index contributed by atoms with van der Waals surface area (Å²) in [4.78, 5) is 40.9. The zero-order valence-corrected chi connectivity index (χ0v) is 15.3. The molecule has 9 nitrogen and oxygen atoms in total. The van der Waals surface area contributed by atoms with Crippen LogP contribution < -0.4 is 16.2 Å². The van der Waals surface area contributed by atoms with E-state index in [0.717, 1.165) is 12.1 Å². The van der Waals surface area contributed by atoms with Gasteiger partial charge in [0.1, 0.15) is 5.82 Å². The number of carboxylic acids is 1. The molecule has 0 aliphatic rings. The maximum absolute atomic E-state index is 13.0. The van der Waals surface area contributed by atoms with Crippen LogP contribution in [0.4, 0.5) is 29.3 Å². The van der Waals surface area contributed by atoms with Gasteiger partial charge in [0, 0.05) is 11.3 Å². The Labute approximate surface area is 171 Å². The molecule has 31 heavy (non-hydrogen) atoms. The van der Waals surface area contributed by atoms with Gasteiger partial charge in [-0.3, -0.25) is 4.79 Å². The number of benzene rings is 2. The molecule has 0 bridgehead atoms. The number of nitrogens with zero attached hydrogens (tertiary/aromatic N) is 1. The summed E-state index contributed by atoms with van der Waals surface area (Å²) in [7, 11) is 0. The Morgan fingerprint density at radius 1 is 1.03 bits per heavy atom. The van der Waals surface area contributed by atoms with Crippen LogP contribution in [-0.2, 0) is 6.18 Å². The highest BCUT2D eigenvalue weighted by Gasteiger charge is 2.33. The topological polar surface area (TPSA) is 144 Å². The molecule has 3 rings (SSSR count). The van der Waals surface area contributed by atoms with Crippen molar-refractivity contribution in [2.45, 2.75) is 6.18 Å². The summed E-state index contributed by atoms with van der Waals surface area (Å²) in [6.07, 6.45) is -4.66. The third-order valence-corrected chi connectivity index (χ3v) is 3.97. The van der Waals surface area contributed by atoms with Crippen LogP contribution in [0.5, 0.6) is 5.75 Å². The van der Waals surface area contributed by atoms with Crippen molar-refractivity contribution >= 4 is 23.4 Å². The van der Waals surface area contributed by atoms with Crippen LogP contribution in [0.1, 0.15) is 16.1 Å². The van der Waals surface area contributed by atoms with Gasteiger partial charge in [-0.05, 0) is 24.3 Å². The Morgan fingerprint density at radius 2 is 1.74 bits per heavy atom. The number of hydrogen-bond donors (Lipinski definition) is 5. The highest BCUT2D eigenvalue weighted by molar-refractivity contribution is 6.00. The number of aromatic nitrogens is 2. The lowest BCUT2D eigenvalue weighted by atomic mass is 10.1. The zero-order chi connectivity index (χ0) is 22.8. The SMILES string of the molecule is O=C(Nc1cccc(-c2nc(C(=O)O)c(O)c(=O)[nH]2)c1)Nc1ccccc1C(F)(F)F. The van der Waals surface area contributed by atoms with Crippen LogP contribution in [0.15, 0.2) is 53.3 Å². The number of aromatic carboxylic acids is 1. The fraction of sp³-hybridized carbons (Fsp3) is 0.0526. The highest BCUT2D eigenvalue weighted by atomic mass is 19.4. The summed E-state index contributed by atoms with van der Waals surface area (Å²) in [5, 5.41) is 23.0. The van der Waals surface area contributed by atoms with Crippen molar-refractivity contribution in [3.8, 4) is 17.1 Å². The van der Waals surface area contributed by atoms with Crippen LogP contribution in [0.3, 0.4) is 0 Å². The molecule has 0 saturated heterocycles. The van der Waals surface area contributed by atoms with Gasteiger partial charge in [0.15, 0.2) is 5.69 Å². The van der Waals surface area contributed by atoms with Gasteiger partial charge in [-0.1, -0.05) is 24.3 Å². The monoisotopic (exact) mass is 434 g/mol. The molecule has 0 aliphatic carbocycles. The first-order valence-corrected chi connectivity index (χ1v) is 8.47. The second kappa shape index (κ2) is 8.18. The van der Waals surface area contributed by atoms with Crippen LogP contribution in [0, 0.1) is 0 Å². The van der Waals surface area contributed by atoms with Gasteiger partial charge in [0.25, 0.3) is 5.56 Å². The predicted octanol–water partition coefficient (Wildman–Crippen LogP) is 3.50. The molecule has 0 atom stereocenters. The van der Waals surface area contributed by atoms with E-state index in [0.29, 0.717) is 0 Å². The lowest BCUT2D eigenvalue weighted by molar-refractivity contribution is -0.136. The number of anilines is 2. The van der Waals surface area contributed by atoms with Gasteiger partial charge in [-0.15, -0.1) is 0 Å². The number of carbonyl (C=O) groups excluding carboxylic acids is 1. The zero-order valence-electron chi connectivity index (χ0n) is 15.3. The number of carboxylic acid groups (broad SMARTS) is 1. The van der Waals surface area contributed by atoms with Crippen LogP contribution in [0.25, 0.3) is 11.4 Å². The fourth-order valence-electron chi connectivity index (χ4n) is 2.62. The molecule has 0 fully saturated rings. The largest absolute Gasteiger partial charge is 0.501 e. The summed E-state index contributed by atoms with van der Waals surface area (Å²) in [6, 6.07) is 9.05. The van der Waals surface area contributed by atoms with Gasteiger partial charge in [0.2, 0.25) is 5.75 Å². The molecule has 0 unspecified atom stereocenters. The molecule has 0 radical (unpaired) electrons. The van der Waals surface area contributed by atoms with Crippen LogP contribution in [0.2, 0.25) is 0 Å². The van der Waals surface area contributed by atoms with E-state index < -0.39 is 46.4 Å². The summed E-state index contributed by atoms with van der Waals surface area (Å²) >= 11 is 0. The second-order valence-corrected chi connectivity index (χ2v) is 6.12. The molecular formula is C19H13F3N4O5. The molecule has 1 aromatic heterocycles. The highest BCUT2D eigenvalue weighted by Crippen LogP contribution is 2.34. The lowest BCUT2D eigenvalue weighted by Gasteiger charge is -2.14. The molecule has 2 amide bonds. The Morgan fingerprint density at radius 3 is 2.42 bits per heavy atom. The van der Waals surface area contributed by atoms with Crippen molar-refractivity contribution in [1.82, 2.24) is 9.97 Å². The number of H-pyrrole nitrogens is 1. The van der Waals surface area contributed by atoms with E-state index in [-0.39, 0.29) is 17.1 Å². The number of halogens is 3. The summed E-state index contributed by atoms with van der Waals surface area (Å²) < 4.78 is 39.1. The Hall–Kier alpha value is -4.35. The molecule has 0 spiro atoms. The number of aromatic amines is 1. The number of urea groups is 1. The van der Waals surface area contributed by atoms with E-state index in [2.05, 4.69) is 20.6 Å². The minimum Gasteiger partial charge on any atom is -0.501 e. The van der Waals surface area contributed by atoms with Gasteiger partial charge >= 0.3 is 18.2 Å². The molecule has 3 aromatic rings. The van der Waals surface area contributed by atoms with Crippen molar-refractivity contribution in [2.75, 3.05) is 10.6 Å². The molecule has 5 N–H and O–H groups in total. The quantitative estimate of drug-likeness (QED) is 0.425.